The minimum Gasteiger partial charge on any atom is -0.748 e. The van der Waals surface area contributed by atoms with Crippen LogP contribution in [0.5, 0.6) is 0 Å². The summed E-state index contributed by atoms with van der Waals surface area (Å²) in [6.45, 7) is 0. The van der Waals surface area contributed by atoms with E-state index < -0.39 is 27.6 Å². The van der Waals surface area contributed by atoms with Crippen molar-refractivity contribution in [3.05, 3.63) is 35.4 Å². The van der Waals surface area contributed by atoms with Gasteiger partial charge in [-0.1, -0.05) is 18.2 Å². The van der Waals surface area contributed by atoms with Crippen molar-refractivity contribution in [1.29, 1.82) is 0 Å². The summed E-state index contributed by atoms with van der Waals surface area (Å²) in [6, 6.07) is 3.67. The number of benzene rings is 1. The number of alkyl halides is 3. The molecule has 0 aliphatic heterocycles. The molecule has 0 heterocycles. The molecule has 0 aromatic heterocycles. The summed E-state index contributed by atoms with van der Waals surface area (Å²) in [6.07, 6.45) is -4.54. The minimum absolute atomic E-state index is 0. The summed E-state index contributed by atoms with van der Waals surface area (Å²) in [7, 11) is -4.56. The molecule has 8 heteroatoms. The maximum atomic E-state index is 12.2. The molecule has 0 saturated carbocycles. The largest absolute Gasteiger partial charge is 1.00 e. The second kappa shape index (κ2) is 5.50. The predicted octanol–water partition coefficient (Wildman–Crippen LogP) is -1.25. The van der Waals surface area contributed by atoms with Crippen LogP contribution in [0.4, 0.5) is 13.2 Å². The van der Waals surface area contributed by atoms with Gasteiger partial charge in [0, 0.05) is 0 Å². The topological polar surface area (TPSA) is 57.2 Å². The zero-order chi connectivity index (χ0) is 11.7. The number of hydrogen-bond acceptors (Lipinski definition) is 3. The molecule has 0 amide bonds. The first kappa shape index (κ1) is 15.9. The van der Waals surface area contributed by atoms with Crippen LogP contribution in [-0.4, -0.2) is 13.0 Å². The summed E-state index contributed by atoms with van der Waals surface area (Å²) in [5, 5.41) is 0. The quantitative estimate of drug-likeness (QED) is 0.494. The van der Waals surface area contributed by atoms with Crippen LogP contribution in [0.1, 0.15) is 11.1 Å². The number of halogens is 3. The van der Waals surface area contributed by atoms with Gasteiger partial charge in [0.25, 0.3) is 0 Å². The molecule has 0 radical (unpaired) electrons. The fraction of sp³-hybridized carbons (Fsp3) is 0.250. The third-order valence-corrected chi connectivity index (χ3v) is 2.28. The third kappa shape index (κ3) is 5.31. The van der Waals surface area contributed by atoms with E-state index in [1.807, 2.05) is 0 Å². The molecule has 0 N–H and O–H groups in total. The van der Waals surface area contributed by atoms with E-state index >= 15 is 0 Å². The van der Waals surface area contributed by atoms with Crippen LogP contribution in [0.15, 0.2) is 24.3 Å². The van der Waals surface area contributed by atoms with Crippen LogP contribution in [0.3, 0.4) is 0 Å². The van der Waals surface area contributed by atoms with Gasteiger partial charge in [-0.2, -0.15) is 13.2 Å². The molecule has 0 aliphatic carbocycles. The van der Waals surface area contributed by atoms with Crippen LogP contribution in [0, 0.1) is 0 Å². The Morgan fingerprint density at radius 1 is 1.25 bits per heavy atom. The second-order valence-corrected chi connectivity index (χ2v) is 4.30. The van der Waals surface area contributed by atoms with Crippen LogP contribution in [0.25, 0.3) is 0 Å². The molecular weight excluding hydrogens is 256 g/mol. The first-order valence-electron chi connectivity index (χ1n) is 3.78. The van der Waals surface area contributed by atoms with Gasteiger partial charge in [0.1, 0.15) is 0 Å². The molecule has 84 valence electrons. The van der Waals surface area contributed by atoms with Crippen molar-refractivity contribution in [2.45, 2.75) is 11.9 Å². The Kier molecular flexibility index (Phi) is 5.48. The van der Waals surface area contributed by atoms with Crippen LogP contribution in [0.2, 0.25) is 0 Å². The summed E-state index contributed by atoms with van der Waals surface area (Å²) >= 11 is 0. The Hall–Kier alpha value is -0.0800. The summed E-state index contributed by atoms with van der Waals surface area (Å²) in [5.41, 5.74) is -1.14. The van der Waals surface area contributed by atoms with E-state index in [9.17, 15) is 26.1 Å². The van der Waals surface area contributed by atoms with Gasteiger partial charge in [0.15, 0.2) is 0 Å². The summed E-state index contributed by atoms with van der Waals surface area (Å²) < 4.78 is 67.5. The molecular formula is C8H6F3NaO3S. The van der Waals surface area contributed by atoms with Gasteiger partial charge in [-0.3, -0.25) is 0 Å². The van der Waals surface area contributed by atoms with Crippen LogP contribution < -0.4 is 29.6 Å². The normalized spacial score (nSPS) is 12.0. The SMILES string of the molecule is O=S(=O)([O-])Cc1cccc(C(F)(F)F)c1.[Na+]. The zero-order valence-electron chi connectivity index (χ0n) is 8.28. The Bertz CT molecular complexity index is 456. The monoisotopic (exact) mass is 262 g/mol. The van der Waals surface area contributed by atoms with Crippen LogP contribution in [-0.2, 0) is 22.0 Å². The standard InChI is InChI=1S/C8H7F3O3S.Na/c9-8(10,11)7-3-1-2-6(4-7)5-15(12,13)14;/h1-4H,5H2,(H,12,13,14);/q;+1/p-1. The van der Waals surface area contributed by atoms with Gasteiger partial charge in [-0.05, 0) is 11.6 Å². The molecule has 1 aromatic carbocycles. The van der Waals surface area contributed by atoms with Crippen molar-refractivity contribution in [1.82, 2.24) is 0 Å². The van der Waals surface area contributed by atoms with Crippen molar-refractivity contribution < 1.29 is 55.7 Å². The van der Waals surface area contributed by atoms with Gasteiger partial charge < -0.3 is 4.55 Å². The van der Waals surface area contributed by atoms with Gasteiger partial charge in [0.2, 0.25) is 0 Å². The average molecular weight is 262 g/mol. The predicted molar refractivity (Wildman–Crippen MR) is 44.8 cm³/mol. The molecule has 0 atom stereocenters. The van der Waals surface area contributed by atoms with Crippen molar-refractivity contribution in [3.63, 3.8) is 0 Å². The van der Waals surface area contributed by atoms with Crippen molar-refractivity contribution in [2.24, 2.45) is 0 Å². The van der Waals surface area contributed by atoms with E-state index in [2.05, 4.69) is 0 Å². The first-order valence-corrected chi connectivity index (χ1v) is 5.36. The van der Waals surface area contributed by atoms with Crippen LogP contribution >= 0.6 is 0 Å². The van der Waals surface area contributed by atoms with E-state index in [-0.39, 0.29) is 35.1 Å². The van der Waals surface area contributed by atoms with Gasteiger partial charge in [-0.15, -0.1) is 0 Å². The van der Waals surface area contributed by atoms with Gasteiger partial charge in [0.05, 0.1) is 21.4 Å². The molecule has 0 fully saturated rings. The Labute approximate surface area is 113 Å². The van der Waals surface area contributed by atoms with E-state index in [1.54, 1.807) is 0 Å². The summed E-state index contributed by atoms with van der Waals surface area (Å²) in [5.74, 6) is -0.934. The summed E-state index contributed by atoms with van der Waals surface area (Å²) in [4.78, 5) is 0. The van der Waals surface area contributed by atoms with Crippen molar-refractivity contribution in [2.75, 3.05) is 0 Å². The average Bonchev–Trinajstić information content (AvgIpc) is 1.99. The first-order chi connectivity index (χ1) is 6.68. The molecule has 0 unspecified atom stereocenters. The van der Waals surface area contributed by atoms with E-state index in [0.29, 0.717) is 6.07 Å². The molecule has 0 saturated heterocycles. The Morgan fingerprint density at radius 2 is 1.81 bits per heavy atom. The zero-order valence-corrected chi connectivity index (χ0v) is 11.1. The smallest absolute Gasteiger partial charge is 0.748 e. The molecule has 1 rings (SSSR count). The number of rotatable bonds is 2. The fourth-order valence-electron chi connectivity index (χ4n) is 1.04. The van der Waals surface area contributed by atoms with Crippen molar-refractivity contribution in [3.8, 4) is 0 Å². The molecule has 0 spiro atoms. The van der Waals surface area contributed by atoms with Gasteiger partial charge >= 0.3 is 35.7 Å². The molecule has 16 heavy (non-hydrogen) atoms. The molecule has 3 nitrogen and oxygen atoms in total. The van der Waals surface area contributed by atoms with Crippen molar-refractivity contribution >= 4 is 10.1 Å². The van der Waals surface area contributed by atoms with Gasteiger partial charge in [-0.25, -0.2) is 8.42 Å². The second-order valence-electron chi connectivity index (χ2n) is 2.90. The maximum absolute atomic E-state index is 12.2. The Balaban J connectivity index is 0.00000225. The van der Waals surface area contributed by atoms with E-state index in [0.717, 1.165) is 18.2 Å². The molecule has 0 aliphatic rings. The van der Waals surface area contributed by atoms with E-state index in [4.69, 9.17) is 0 Å². The third-order valence-electron chi connectivity index (χ3n) is 1.60. The van der Waals surface area contributed by atoms with E-state index in [1.165, 1.54) is 0 Å². The Morgan fingerprint density at radius 3 is 2.25 bits per heavy atom. The molecule has 1 aromatic rings. The minimum atomic E-state index is -4.56. The molecule has 0 bridgehead atoms. The fourth-order valence-corrected chi connectivity index (χ4v) is 1.63. The number of hydrogen-bond donors (Lipinski definition) is 0. The maximum Gasteiger partial charge on any atom is 1.00 e.